The molecule has 0 spiro atoms. The second kappa shape index (κ2) is 9.45. The Balaban J connectivity index is 1.79. The van der Waals surface area contributed by atoms with Gasteiger partial charge in [-0.05, 0) is 55.5 Å². The van der Waals surface area contributed by atoms with E-state index in [2.05, 4.69) is 19.2 Å². The summed E-state index contributed by atoms with van der Waals surface area (Å²) in [6.45, 7) is 8.55. The first-order chi connectivity index (χ1) is 16.2. The van der Waals surface area contributed by atoms with Crippen molar-refractivity contribution in [2.75, 3.05) is 19.0 Å². The second-order valence-corrected chi connectivity index (χ2v) is 9.70. The number of nitrogens with zero attached hydrogens (tertiary/aromatic N) is 1. The Labute approximate surface area is 201 Å². The third kappa shape index (κ3) is 4.63. The summed E-state index contributed by atoms with van der Waals surface area (Å²) in [7, 11) is 1.57. The summed E-state index contributed by atoms with van der Waals surface area (Å²) in [5.41, 5.74) is 3.35. The zero-order valence-electron chi connectivity index (χ0n) is 20.5. The highest BCUT2D eigenvalue weighted by atomic mass is 16.5. The van der Waals surface area contributed by atoms with Gasteiger partial charge in [-0.1, -0.05) is 38.1 Å². The third-order valence-electron chi connectivity index (χ3n) is 6.51. The van der Waals surface area contributed by atoms with Crippen LogP contribution in [0.3, 0.4) is 0 Å². The van der Waals surface area contributed by atoms with Gasteiger partial charge < -0.3 is 14.8 Å². The molecule has 1 unspecified atom stereocenters. The second-order valence-electron chi connectivity index (χ2n) is 9.70. The number of carbonyl (C=O) groups is 2. The molecule has 4 rings (SSSR count). The molecule has 0 bridgehead atoms. The van der Waals surface area contributed by atoms with Crippen molar-refractivity contribution in [2.45, 2.75) is 46.5 Å². The van der Waals surface area contributed by atoms with Crippen LogP contribution in [0.25, 0.3) is 0 Å². The van der Waals surface area contributed by atoms with Gasteiger partial charge >= 0.3 is 0 Å². The number of fused-ring (bicyclic) bond motifs is 1. The first-order valence-corrected chi connectivity index (χ1v) is 11.7. The van der Waals surface area contributed by atoms with Crippen LogP contribution < -0.4 is 14.8 Å². The maximum Gasteiger partial charge on any atom is 0.254 e. The van der Waals surface area contributed by atoms with Gasteiger partial charge in [-0.2, -0.15) is 0 Å². The SMILES string of the molecule is CCOc1ccc([C@H]2C(C(=O)Nc3ccccc3OC)=C(C)N=C3CC(C)(C)CC(=O)C32)cc1. The number of aliphatic imine (C=N–C) groups is 1. The van der Waals surface area contributed by atoms with Crippen molar-refractivity contribution < 1.29 is 19.1 Å². The van der Waals surface area contributed by atoms with E-state index in [9.17, 15) is 9.59 Å². The van der Waals surface area contributed by atoms with E-state index in [0.29, 0.717) is 35.7 Å². The summed E-state index contributed by atoms with van der Waals surface area (Å²) in [5, 5.41) is 2.99. The molecule has 0 aromatic heterocycles. The fourth-order valence-corrected chi connectivity index (χ4v) is 5.13. The molecule has 1 aliphatic carbocycles. The molecule has 34 heavy (non-hydrogen) atoms. The van der Waals surface area contributed by atoms with E-state index in [1.807, 2.05) is 50.2 Å². The van der Waals surface area contributed by atoms with Gasteiger partial charge in [-0.3, -0.25) is 14.6 Å². The quantitative estimate of drug-likeness (QED) is 0.613. The number of hydrogen-bond acceptors (Lipinski definition) is 5. The van der Waals surface area contributed by atoms with Gasteiger partial charge in [0.15, 0.2) is 0 Å². The first-order valence-electron chi connectivity index (χ1n) is 11.7. The van der Waals surface area contributed by atoms with Crippen molar-refractivity contribution in [3.8, 4) is 11.5 Å². The van der Waals surface area contributed by atoms with Crippen LogP contribution in [0.4, 0.5) is 5.69 Å². The molecule has 1 amide bonds. The minimum Gasteiger partial charge on any atom is -0.495 e. The van der Waals surface area contributed by atoms with Crippen molar-refractivity contribution in [1.82, 2.24) is 0 Å². The summed E-state index contributed by atoms with van der Waals surface area (Å²) >= 11 is 0. The van der Waals surface area contributed by atoms with Crippen LogP contribution in [0.2, 0.25) is 0 Å². The smallest absolute Gasteiger partial charge is 0.254 e. The minimum absolute atomic E-state index is 0.129. The molecule has 2 aromatic rings. The number of carbonyl (C=O) groups excluding carboxylic acids is 2. The molecular formula is C28H32N2O4. The number of para-hydroxylation sites is 2. The number of allylic oxidation sites excluding steroid dienone is 1. The molecule has 6 heteroatoms. The lowest BCUT2D eigenvalue weighted by atomic mass is 9.63. The molecule has 1 N–H and O–H groups in total. The van der Waals surface area contributed by atoms with Crippen LogP contribution in [0, 0.1) is 11.3 Å². The largest absolute Gasteiger partial charge is 0.495 e. The normalized spacial score (nSPS) is 21.4. The number of rotatable bonds is 6. The number of ketones is 1. The first kappa shape index (κ1) is 23.7. The molecule has 1 fully saturated rings. The predicted molar refractivity (Wildman–Crippen MR) is 134 cm³/mol. The van der Waals surface area contributed by atoms with Crippen molar-refractivity contribution >= 4 is 23.1 Å². The zero-order valence-corrected chi connectivity index (χ0v) is 20.5. The van der Waals surface area contributed by atoms with Crippen molar-refractivity contribution in [3.05, 3.63) is 65.4 Å². The van der Waals surface area contributed by atoms with E-state index >= 15 is 0 Å². The third-order valence-corrected chi connectivity index (χ3v) is 6.51. The molecule has 2 atom stereocenters. The highest BCUT2D eigenvalue weighted by molar-refractivity contribution is 6.14. The number of nitrogens with one attached hydrogen (secondary N) is 1. The van der Waals surface area contributed by atoms with Crippen LogP contribution in [-0.2, 0) is 9.59 Å². The zero-order chi connectivity index (χ0) is 24.5. The fourth-order valence-electron chi connectivity index (χ4n) is 5.13. The molecule has 1 heterocycles. The van der Waals surface area contributed by atoms with Crippen LogP contribution >= 0.6 is 0 Å². The van der Waals surface area contributed by atoms with Crippen LogP contribution in [-0.4, -0.2) is 31.1 Å². The summed E-state index contributed by atoms with van der Waals surface area (Å²) in [4.78, 5) is 31.9. The lowest BCUT2D eigenvalue weighted by Crippen LogP contribution is -2.44. The number of ether oxygens (including phenoxy) is 2. The van der Waals surface area contributed by atoms with Crippen molar-refractivity contribution in [3.63, 3.8) is 0 Å². The van der Waals surface area contributed by atoms with Gasteiger partial charge in [-0.25, -0.2) is 0 Å². The average molecular weight is 461 g/mol. The highest BCUT2D eigenvalue weighted by Crippen LogP contribution is 2.47. The maximum absolute atomic E-state index is 13.7. The number of anilines is 1. The van der Waals surface area contributed by atoms with Crippen molar-refractivity contribution in [2.24, 2.45) is 16.3 Å². The van der Waals surface area contributed by atoms with Crippen LogP contribution in [0.1, 0.15) is 52.0 Å². The standard InChI is InChI=1S/C28H32N2O4/c1-6-34-19-13-11-18(12-14-19)25-24(27(32)30-20-9-7-8-10-23(20)33-5)17(2)29-21-15-28(3,4)16-22(31)26(21)25/h7-14,25-26H,6,15-16H2,1-5H3,(H,30,32)/t25-,26?/m0/s1. The Hall–Kier alpha value is -3.41. The van der Waals surface area contributed by atoms with E-state index in [-0.39, 0.29) is 17.1 Å². The summed E-state index contributed by atoms with van der Waals surface area (Å²) in [6, 6.07) is 15.0. The Bertz CT molecular complexity index is 1160. The Morgan fingerprint density at radius 3 is 2.47 bits per heavy atom. The van der Waals surface area contributed by atoms with E-state index in [0.717, 1.165) is 23.4 Å². The van der Waals surface area contributed by atoms with E-state index in [1.54, 1.807) is 19.2 Å². The van der Waals surface area contributed by atoms with E-state index < -0.39 is 11.8 Å². The Kier molecular flexibility index (Phi) is 6.60. The minimum atomic E-state index is -0.451. The molecule has 1 aliphatic heterocycles. The molecule has 2 aromatic carbocycles. The van der Waals surface area contributed by atoms with Gasteiger partial charge in [0.2, 0.25) is 0 Å². The summed E-state index contributed by atoms with van der Waals surface area (Å²) < 4.78 is 11.0. The topological polar surface area (TPSA) is 77.0 Å². The lowest BCUT2D eigenvalue weighted by Gasteiger charge is -2.41. The van der Waals surface area contributed by atoms with Crippen molar-refractivity contribution in [1.29, 1.82) is 0 Å². The number of Topliss-reactive ketones (excluding diaryl/α,β-unsaturated/α-hetero) is 1. The predicted octanol–water partition coefficient (Wildman–Crippen LogP) is 5.55. The number of amides is 1. The summed E-state index contributed by atoms with van der Waals surface area (Å²) in [6.07, 6.45) is 1.19. The fraction of sp³-hybridized carbons (Fsp3) is 0.393. The van der Waals surface area contributed by atoms with Gasteiger partial charge in [-0.15, -0.1) is 0 Å². The van der Waals surface area contributed by atoms with Crippen LogP contribution in [0.15, 0.2) is 64.8 Å². The van der Waals surface area contributed by atoms with Crippen LogP contribution in [0.5, 0.6) is 11.5 Å². The average Bonchev–Trinajstić information content (AvgIpc) is 2.78. The van der Waals surface area contributed by atoms with E-state index in [1.165, 1.54) is 0 Å². The summed E-state index contributed by atoms with van der Waals surface area (Å²) in [5.74, 6) is 0.315. The van der Waals surface area contributed by atoms with Gasteiger partial charge in [0.25, 0.3) is 5.91 Å². The monoisotopic (exact) mass is 460 g/mol. The molecule has 0 radical (unpaired) electrons. The molecule has 0 saturated heterocycles. The van der Waals surface area contributed by atoms with E-state index in [4.69, 9.17) is 14.5 Å². The molecular weight excluding hydrogens is 428 g/mol. The molecule has 2 aliphatic rings. The number of benzene rings is 2. The highest BCUT2D eigenvalue weighted by Gasteiger charge is 2.47. The number of hydrogen-bond donors (Lipinski definition) is 1. The Morgan fingerprint density at radius 2 is 1.79 bits per heavy atom. The van der Waals surface area contributed by atoms with Gasteiger partial charge in [0, 0.05) is 29.3 Å². The van der Waals surface area contributed by atoms with Gasteiger partial charge in [0.05, 0.1) is 25.3 Å². The molecule has 178 valence electrons. The number of methoxy groups -OCH3 is 1. The Morgan fingerprint density at radius 1 is 1.09 bits per heavy atom. The lowest BCUT2D eigenvalue weighted by molar-refractivity contribution is -0.124. The molecule has 6 nitrogen and oxygen atoms in total. The molecule has 1 saturated carbocycles. The maximum atomic E-state index is 13.7. The van der Waals surface area contributed by atoms with Gasteiger partial charge in [0.1, 0.15) is 17.3 Å².